The molecule has 29 heavy (non-hydrogen) atoms. The van der Waals surface area contributed by atoms with Crippen LogP contribution in [0, 0.1) is 17.0 Å². The molecule has 9 nitrogen and oxygen atoms in total. The predicted molar refractivity (Wildman–Crippen MR) is 108 cm³/mol. The van der Waals surface area contributed by atoms with Crippen LogP contribution in [0.4, 0.5) is 11.4 Å². The molecule has 150 valence electrons. The fourth-order valence-electron chi connectivity index (χ4n) is 2.57. The summed E-state index contributed by atoms with van der Waals surface area (Å²) < 4.78 is 5.26. The number of aromatic hydroxyl groups is 1. The Bertz CT molecular complexity index is 1150. The summed E-state index contributed by atoms with van der Waals surface area (Å²) in [4.78, 5) is 25.1. The summed E-state index contributed by atoms with van der Waals surface area (Å²) in [6.45, 7) is 1.09. The highest BCUT2D eigenvalue weighted by Crippen LogP contribution is 2.39. The number of nitro benzene ring substituents is 1. The van der Waals surface area contributed by atoms with Crippen LogP contribution in [0.1, 0.15) is 5.56 Å². The molecule has 1 aromatic heterocycles. The topological polar surface area (TPSA) is 130 Å². The lowest BCUT2D eigenvalue weighted by Gasteiger charge is -2.08. The van der Waals surface area contributed by atoms with E-state index >= 15 is 0 Å². The Kier molecular flexibility index (Phi) is 5.92. The van der Waals surface area contributed by atoms with Gasteiger partial charge in [0.25, 0.3) is 5.69 Å². The van der Waals surface area contributed by atoms with Gasteiger partial charge in [-0.1, -0.05) is 34.8 Å². The van der Waals surface area contributed by atoms with Gasteiger partial charge in [-0.05, 0) is 24.6 Å². The molecule has 0 saturated heterocycles. The molecule has 1 heterocycles. The summed E-state index contributed by atoms with van der Waals surface area (Å²) in [7, 11) is 0. The summed E-state index contributed by atoms with van der Waals surface area (Å²) in [5.41, 5.74) is 0.660. The molecule has 12 heteroatoms. The van der Waals surface area contributed by atoms with Crippen molar-refractivity contribution >= 4 is 63.0 Å². The zero-order valence-corrected chi connectivity index (χ0v) is 16.8. The first kappa shape index (κ1) is 20.8. The van der Waals surface area contributed by atoms with Crippen LogP contribution in [0.15, 0.2) is 34.5 Å². The normalized spacial score (nSPS) is 11.3. The Hall–Kier alpha value is -2.88. The quantitative estimate of drug-likeness (QED) is 0.286. The van der Waals surface area contributed by atoms with Crippen molar-refractivity contribution in [3.8, 4) is 11.6 Å². The third-order valence-corrected chi connectivity index (χ3v) is 4.60. The van der Waals surface area contributed by atoms with Crippen molar-refractivity contribution in [1.29, 1.82) is 0 Å². The second-order valence-electron chi connectivity index (χ2n) is 5.85. The Morgan fingerprint density at radius 3 is 2.52 bits per heavy atom. The van der Waals surface area contributed by atoms with Gasteiger partial charge in [0.05, 0.1) is 20.5 Å². The van der Waals surface area contributed by atoms with Crippen LogP contribution in [0.2, 0.25) is 15.1 Å². The highest BCUT2D eigenvalue weighted by atomic mass is 35.5. The number of fused-ring (bicyclic) bond motifs is 1. The number of hydrogen-bond donors (Lipinski definition) is 2. The number of halogens is 3. The first-order valence-corrected chi connectivity index (χ1v) is 9.02. The number of benzene rings is 2. The maximum atomic E-state index is 12.0. The van der Waals surface area contributed by atoms with E-state index < -0.39 is 17.4 Å². The first-order valence-electron chi connectivity index (χ1n) is 7.89. The van der Waals surface area contributed by atoms with Crippen LogP contribution in [0.5, 0.6) is 11.6 Å². The second kappa shape index (κ2) is 8.24. The summed E-state index contributed by atoms with van der Waals surface area (Å²) >= 11 is 17.7. The van der Waals surface area contributed by atoms with Crippen LogP contribution in [-0.4, -0.2) is 27.5 Å². The lowest BCUT2D eigenvalue weighted by atomic mass is 10.1. The van der Waals surface area contributed by atoms with E-state index in [1.165, 1.54) is 24.3 Å². The largest absolute Gasteiger partial charge is 0.493 e. The molecule has 0 spiro atoms. The number of carbonyl (C=O) groups is 1. The van der Waals surface area contributed by atoms with Gasteiger partial charge >= 0.3 is 5.91 Å². The van der Waals surface area contributed by atoms with Crippen LogP contribution in [0.3, 0.4) is 0 Å². The lowest BCUT2D eigenvalue weighted by molar-refractivity contribution is -0.384. The van der Waals surface area contributed by atoms with E-state index in [-0.39, 0.29) is 38.4 Å². The average Bonchev–Trinajstić information content (AvgIpc) is 2.95. The molecule has 2 N–H and O–H groups in total. The van der Waals surface area contributed by atoms with Gasteiger partial charge in [-0.25, -0.2) is 0 Å². The minimum atomic E-state index is -0.803. The number of H-pyrrole nitrogens is 1. The molecule has 0 radical (unpaired) electrons. The number of non-ortho nitro benzene ring substituents is 1. The summed E-state index contributed by atoms with van der Waals surface area (Å²) in [5.74, 6) is -1.13. The lowest BCUT2D eigenvalue weighted by Crippen LogP contribution is -2.08. The van der Waals surface area contributed by atoms with Crippen molar-refractivity contribution in [3.63, 3.8) is 0 Å². The van der Waals surface area contributed by atoms with E-state index in [1.54, 1.807) is 6.92 Å². The number of aryl methyl sites for hydroxylation is 1. The monoisotopic (exact) mass is 456 g/mol. The average molecular weight is 458 g/mol. The standard InChI is InChI=1S/C17H11Cl3N4O5/c1-7-2-9(24(27)28)5-10-14(7)21-17(26)15(10)23-22-13(25)6-29-16-11(19)3-8(18)4-12(16)20/h2-5,21,26H,6H2,1H3. The number of amides is 1. The number of nitro groups is 1. The van der Waals surface area contributed by atoms with Gasteiger partial charge in [0.2, 0.25) is 5.88 Å². The molecule has 0 bridgehead atoms. The smallest absolute Gasteiger partial charge is 0.302 e. The Morgan fingerprint density at radius 2 is 1.90 bits per heavy atom. The van der Waals surface area contributed by atoms with Crippen molar-refractivity contribution in [1.82, 2.24) is 4.98 Å². The van der Waals surface area contributed by atoms with Gasteiger partial charge in [0, 0.05) is 22.5 Å². The molecule has 0 saturated carbocycles. The fourth-order valence-corrected chi connectivity index (χ4v) is 3.49. The molecule has 2 aromatic carbocycles. The van der Waals surface area contributed by atoms with E-state index in [1.807, 2.05) is 0 Å². The third-order valence-electron chi connectivity index (χ3n) is 3.82. The van der Waals surface area contributed by atoms with Crippen molar-refractivity contribution in [2.24, 2.45) is 10.2 Å². The number of rotatable bonds is 5. The van der Waals surface area contributed by atoms with Gasteiger partial charge < -0.3 is 14.8 Å². The second-order valence-corrected chi connectivity index (χ2v) is 7.10. The number of nitrogens with one attached hydrogen (secondary N) is 1. The fraction of sp³-hybridized carbons (Fsp3) is 0.118. The van der Waals surface area contributed by atoms with Crippen molar-refractivity contribution < 1.29 is 19.6 Å². The van der Waals surface area contributed by atoms with Crippen molar-refractivity contribution in [2.75, 3.05) is 6.61 Å². The predicted octanol–water partition coefficient (Wildman–Crippen LogP) is 5.74. The molecular weight excluding hydrogens is 447 g/mol. The zero-order valence-electron chi connectivity index (χ0n) is 14.6. The Labute approximate surface area is 178 Å². The number of ether oxygens (including phenoxy) is 1. The molecular formula is C17H11Cl3N4O5. The van der Waals surface area contributed by atoms with Crippen LogP contribution in [-0.2, 0) is 4.79 Å². The van der Waals surface area contributed by atoms with Crippen molar-refractivity contribution in [2.45, 2.75) is 6.92 Å². The molecule has 0 unspecified atom stereocenters. The number of hydrogen-bond acceptors (Lipinski definition) is 6. The van der Waals surface area contributed by atoms with Crippen LogP contribution in [0.25, 0.3) is 10.9 Å². The van der Waals surface area contributed by atoms with Crippen LogP contribution < -0.4 is 4.74 Å². The molecule has 0 aliphatic carbocycles. The number of aromatic amines is 1. The minimum Gasteiger partial charge on any atom is -0.493 e. The van der Waals surface area contributed by atoms with Gasteiger partial charge in [0.1, 0.15) is 0 Å². The van der Waals surface area contributed by atoms with E-state index in [4.69, 9.17) is 39.5 Å². The molecule has 1 amide bonds. The minimum absolute atomic E-state index is 0.0578. The SMILES string of the molecule is Cc1cc([N+](=O)[O-])cc2c(N=NC(=O)COc3c(Cl)cc(Cl)cc3Cl)c(O)[nH]c12. The molecule has 3 rings (SSSR count). The molecule has 0 atom stereocenters. The summed E-state index contributed by atoms with van der Waals surface area (Å²) in [6.07, 6.45) is 0. The zero-order chi connectivity index (χ0) is 21.3. The number of azo groups is 1. The third kappa shape index (κ3) is 4.42. The van der Waals surface area contributed by atoms with Crippen LogP contribution >= 0.6 is 34.8 Å². The van der Waals surface area contributed by atoms with E-state index in [2.05, 4.69) is 15.2 Å². The number of carbonyl (C=O) groups excluding carboxylic acids is 1. The van der Waals surface area contributed by atoms with Gasteiger partial charge in [-0.15, -0.1) is 10.2 Å². The van der Waals surface area contributed by atoms with E-state index in [9.17, 15) is 20.0 Å². The maximum absolute atomic E-state index is 12.0. The first-order chi connectivity index (χ1) is 13.7. The highest BCUT2D eigenvalue weighted by molar-refractivity contribution is 6.40. The Balaban J connectivity index is 1.83. The molecule has 0 aliphatic rings. The number of aromatic nitrogens is 1. The van der Waals surface area contributed by atoms with Gasteiger partial charge in [-0.2, -0.15) is 0 Å². The Morgan fingerprint density at radius 1 is 1.24 bits per heavy atom. The van der Waals surface area contributed by atoms with E-state index in [0.717, 1.165) is 0 Å². The summed E-state index contributed by atoms with van der Waals surface area (Å²) in [5, 5.41) is 29.1. The maximum Gasteiger partial charge on any atom is 0.302 e. The number of nitrogens with zero attached hydrogens (tertiary/aromatic N) is 3. The van der Waals surface area contributed by atoms with Gasteiger partial charge in [0.15, 0.2) is 18.0 Å². The summed E-state index contributed by atoms with van der Waals surface area (Å²) in [6, 6.07) is 5.37. The highest BCUT2D eigenvalue weighted by Gasteiger charge is 2.18. The molecule has 0 aliphatic heterocycles. The molecule has 3 aromatic rings. The van der Waals surface area contributed by atoms with Gasteiger partial charge in [-0.3, -0.25) is 14.9 Å². The van der Waals surface area contributed by atoms with E-state index in [0.29, 0.717) is 16.1 Å². The van der Waals surface area contributed by atoms with Crippen molar-refractivity contribution in [3.05, 3.63) is 55.0 Å². The molecule has 0 fully saturated rings.